The lowest BCUT2D eigenvalue weighted by atomic mass is 10.1. The number of hydrogen-bond donors (Lipinski definition) is 1. The molecule has 3 heteroatoms. The average molecular weight is 325 g/mol. The van der Waals surface area contributed by atoms with E-state index in [0.29, 0.717) is 0 Å². The zero-order valence-corrected chi connectivity index (χ0v) is 13.5. The number of hydrogen-bond acceptors (Lipinski definition) is 2. The molecule has 2 rings (SSSR count). The fraction of sp³-hybridized carbons (Fsp3) is 0.625. The van der Waals surface area contributed by atoms with Crippen LogP contribution in [0.15, 0.2) is 22.7 Å². The van der Waals surface area contributed by atoms with Crippen molar-refractivity contribution in [3.63, 3.8) is 0 Å². The summed E-state index contributed by atoms with van der Waals surface area (Å²) in [4.78, 5) is 2.57. The molecule has 1 aromatic rings. The summed E-state index contributed by atoms with van der Waals surface area (Å²) in [5, 5.41) is 3.52. The zero-order valence-electron chi connectivity index (χ0n) is 11.9. The van der Waals surface area contributed by atoms with Crippen molar-refractivity contribution < 1.29 is 0 Å². The Hall–Kier alpha value is -0.540. The molecule has 0 spiro atoms. The molecule has 0 saturated carbocycles. The molecule has 0 atom stereocenters. The van der Waals surface area contributed by atoms with Crippen LogP contribution in [0, 0.1) is 0 Å². The van der Waals surface area contributed by atoms with E-state index >= 15 is 0 Å². The summed E-state index contributed by atoms with van der Waals surface area (Å²) in [6.45, 7) is 6.70. The van der Waals surface area contributed by atoms with Gasteiger partial charge >= 0.3 is 0 Å². The van der Waals surface area contributed by atoms with E-state index in [-0.39, 0.29) is 0 Å². The van der Waals surface area contributed by atoms with Gasteiger partial charge in [-0.1, -0.05) is 41.8 Å². The van der Waals surface area contributed by atoms with Crippen molar-refractivity contribution in [2.45, 2.75) is 45.6 Å². The third-order valence-electron chi connectivity index (χ3n) is 3.74. The summed E-state index contributed by atoms with van der Waals surface area (Å²) in [6.07, 6.45) is 6.61. The van der Waals surface area contributed by atoms with E-state index < -0.39 is 0 Å². The van der Waals surface area contributed by atoms with Crippen molar-refractivity contribution in [2.75, 3.05) is 24.5 Å². The summed E-state index contributed by atoms with van der Waals surface area (Å²) in [7, 11) is 0. The highest BCUT2D eigenvalue weighted by atomic mass is 79.9. The summed E-state index contributed by atoms with van der Waals surface area (Å²) < 4.78 is 1.19. The van der Waals surface area contributed by atoms with Crippen molar-refractivity contribution in [2.24, 2.45) is 0 Å². The maximum Gasteiger partial charge on any atom is 0.0423 e. The molecule has 0 aliphatic carbocycles. The van der Waals surface area contributed by atoms with E-state index in [1.165, 1.54) is 60.9 Å². The van der Waals surface area contributed by atoms with Gasteiger partial charge in [-0.05, 0) is 43.5 Å². The van der Waals surface area contributed by atoms with Crippen LogP contribution in [0.25, 0.3) is 0 Å². The van der Waals surface area contributed by atoms with E-state index in [1.807, 2.05) is 0 Å². The van der Waals surface area contributed by atoms with E-state index in [0.717, 1.165) is 13.1 Å². The monoisotopic (exact) mass is 324 g/mol. The molecule has 0 aromatic heterocycles. The van der Waals surface area contributed by atoms with Crippen LogP contribution >= 0.6 is 15.9 Å². The number of anilines is 1. The molecule has 1 N–H and O–H groups in total. The molecule has 0 amide bonds. The predicted molar refractivity (Wildman–Crippen MR) is 86.8 cm³/mol. The van der Waals surface area contributed by atoms with Crippen LogP contribution in [0.1, 0.15) is 44.6 Å². The minimum Gasteiger partial charge on any atom is -0.371 e. The van der Waals surface area contributed by atoms with Gasteiger partial charge in [-0.2, -0.15) is 0 Å². The molecule has 0 bridgehead atoms. The molecule has 0 unspecified atom stereocenters. The van der Waals surface area contributed by atoms with Gasteiger partial charge in [0.1, 0.15) is 0 Å². The lowest BCUT2D eigenvalue weighted by Gasteiger charge is -2.26. The highest BCUT2D eigenvalue weighted by Gasteiger charge is 2.13. The third kappa shape index (κ3) is 4.50. The molecule has 2 nitrogen and oxygen atoms in total. The Morgan fingerprint density at radius 3 is 2.58 bits per heavy atom. The maximum atomic E-state index is 3.62. The number of benzene rings is 1. The normalized spacial score (nSPS) is 16.4. The van der Waals surface area contributed by atoms with Crippen LogP contribution < -0.4 is 10.2 Å². The van der Waals surface area contributed by atoms with Crippen LogP contribution in [0.5, 0.6) is 0 Å². The second-order valence-corrected chi connectivity index (χ2v) is 6.27. The smallest absolute Gasteiger partial charge is 0.0423 e. The Morgan fingerprint density at radius 2 is 1.89 bits per heavy atom. The first kappa shape index (κ1) is 14.9. The fourth-order valence-electron chi connectivity index (χ4n) is 2.69. The summed E-state index contributed by atoms with van der Waals surface area (Å²) in [5.41, 5.74) is 2.85. The van der Waals surface area contributed by atoms with E-state index in [2.05, 4.69) is 51.3 Å². The van der Waals surface area contributed by atoms with Gasteiger partial charge in [0.15, 0.2) is 0 Å². The molecule has 1 aromatic carbocycles. The van der Waals surface area contributed by atoms with Gasteiger partial charge in [-0.15, -0.1) is 0 Å². The van der Waals surface area contributed by atoms with Crippen molar-refractivity contribution in [3.05, 3.63) is 28.2 Å². The van der Waals surface area contributed by atoms with Gasteiger partial charge in [-0.3, -0.25) is 0 Å². The molecule has 106 valence electrons. The highest BCUT2D eigenvalue weighted by Crippen LogP contribution is 2.27. The third-order valence-corrected chi connectivity index (χ3v) is 4.23. The molecular formula is C16H25BrN2. The van der Waals surface area contributed by atoms with Gasteiger partial charge in [0.05, 0.1) is 0 Å². The van der Waals surface area contributed by atoms with E-state index in [9.17, 15) is 0 Å². The summed E-state index contributed by atoms with van der Waals surface area (Å²) in [6, 6.07) is 6.70. The quantitative estimate of drug-likeness (QED) is 0.811. The van der Waals surface area contributed by atoms with Crippen molar-refractivity contribution in [1.29, 1.82) is 0 Å². The standard InChI is InChI=1S/C16H25BrN2/c1-2-9-18-13-14-7-8-15(17)12-16(14)19-10-5-3-4-6-11-19/h7-8,12,18H,2-6,9-11,13H2,1H3. The Kier molecular flexibility index (Phi) is 6.18. The van der Waals surface area contributed by atoms with Crippen molar-refractivity contribution in [1.82, 2.24) is 5.32 Å². The number of nitrogens with one attached hydrogen (secondary N) is 1. The van der Waals surface area contributed by atoms with E-state index in [1.54, 1.807) is 0 Å². The van der Waals surface area contributed by atoms with Crippen LogP contribution in [0.2, 0.25) is 0 Å². The van der Waals surface area contributed by atoms with Crippen molar-refractivity contribution >= 4 is 21.6 Å². The van der Waals surface area contributed by atoms with Gasteiger partial charge in [0.25, 0.3) is 0 Å². The van der Waals surface area contributed by atoms with Crippen molar-refractivity contribution in [3.8, 4) is 0 Å². The van der Waals surface area contributed by atoms with Crippen LogP contribution in [-0.2, 0) is 6.54 Å². The van der Waals surface area contributed by atoms with Crippen LogP contribution in [-0.4, -0.2) is 19.6 Å². The largest absolute Gasteiger partial charge is 0.371 e. The van der Waals surface area contributed by atoms with E-state index in [4.69, 9.17) is 0 Å². The first-order valence-electron chi connectivity index (χ1n) is 7.55. The highest BCUT2D eigenvalue weighted by molar-refractivity contribution is 9.10. The first-order chi connectivity index (χ1) is 9.31. The molecule has 0 radical (unpaired) electrons. The molecule has 19 heavy (non-hydrogen) atoms. The lowest BCUT2D eigenvalue weighted by molar-refractivity contribution is 0.671. The molecule has 1 heterocycles. The number of halogens is 1. The average Bonchev–Trinajstić information content (AvgIpc) is 2.69. The van der Waals surface area contributed by atoms with Gasteiger partial charge in [-0.25, -0.2) is 0 Å². The zero-order chi connectivity index (χ0) is 13.5. The fourth-order valence-corrected chi connectivity index (χ4v) is 3.04. The second-order valence-electron chi connectivity index (χ2n) is 5.35. The molecule has 1 aliphatic rings. The first-order valence-corrected chi connectivity index (χ1v) is 8.34. The maximum absolute atomic E-state index is 3.62. The lowest BCUT2D eigenvalue weighted by Crippen LogP contribution is -2.26. The van der Waals surface area contributed by atoms with Gasteiger partial charge in [0, 0.05) is 29.8 Å². The number of nitrogens with zero attached hydrogens (tertiary/aromatic N) is 1. The summed E-state index contributed by atoms with van der Waals surface area (Å²) in [5.74, 6) is 0. The molecule has 1 aliphatic heterocycles. The summed E-state index contributed by atoms with van der Waals surface area (Å²) >= 11 is 3.62. The Labute approximate surface area is 125 Å². The topological polar surface area (TPSA) is 15.3 Å². The Bertz CT molecular complexity index is 384. The van der Waals surface area contributed by atoms with Crippen LogP contribution in [0.3, 0.4) is 0 Å². The SMILES string of the molecule is CCCNCc1ccc(Br)cc1N1CCCCCC1. The molecular weight excluding hydrogens is 300 g/mol. The minimum atomic E-state index is 0.979. The van der Waals surface area contributed by atoms with Crippen LogP contribution in [0.4, 0.5) is 5.69 Å². The molecule has 1 saturated heterocycles. The number of rotatable bonds is 5. The Balaban J connectivity index is 2.13. The minimum absolute atomic E-state index is 0.979. The molecule has 1 fully saturated rings. The van der Waals surface area contributed by atoms with Gasteiger partial charge < -0.3 is 10.2 Å². The van der Waals surface area contributed by atoms with Gasteiger partial charge in [0.2, 0.25) is 0 Å². The predicted octanol–water partition coefficient (Wildman–Crippen LogP) is 4.33. The second kappa shape index (κ2) is 7.91. The Morgan fingerprint density at radius 1 is 1.16 bits per heavy atom.